The summed E-state index contributed by atoms with van der Waals surface area (Å²) in [6.07, 6.45) is 0. The first kappa shape index (κ1) is 15.4. The summed E-state index contributed by atoms with van der Waals surface area (Å²) in [5.41, 5.74) is 2.87. The zero-order valence-corrected chi connectivity index (χ0v) is 14.3. The average Bonchev–Trinajstić information content (AvgIpc) is 2.73. The maximum atomic E-state index is 13.2. The number of hydrogen-bond donors (Lipinski definition) is 0. The van der Waals surface area contributed by atoms with Gasteiger partial charge < -0.3 is 0 Å². The fourth-order valence-electron chi connectivity index (χ4n) is 2.58. The van der Waals surface area contributed by atoms with Crippen LogP contribution in [0.3, 0.4) is 0 Å². The van der Waals surface area contributed by atoms with Crippen LogP contribution in [0, 0.1) is 6.92 Å². The van der Waals surface area contributed by atoms with Crippen LogP contribution in [-0.2, 0) is 15.7 Å². The van der Waals surface area contributed by atoms with Crippen molar-refractivity contribution in [2.75, 3.05) is 0 Å². The van der Waals surface area contributed by atoms with Gasteiger partial charge >= 0.3 is 0 Å². The van der Waals surface area contributed by atoms with Crippen LogP contribution in [0.15, 0.2) is 58.8 Å². The number of rotatable bonds is 2. The quantitative estimate of drug-likeness (QED) is 0.778. The fourth-order valence-corrected chi connectivity index (χ4v) is 4.36. The Morgan fingerprint density at radius 1 is 0.909 bits per heavy atom. The fraction of sp³-hybridized carbons (Fsp3) is 0.294. The third-order valence-corrected chi connectivity index (χ3v) is 6.16. The van der Waals surface area contributed by atoms with Crippen LogP contribution in [-0.4, -0.2) is 9.08 Å². The van der Waals surface area contributed by atoms with Crippen LogP contribution >= 0.6 is 11.6 Å². The molecule has 1 aliphatic rings. The summed E-state index contributed by atoms with van der Waals surface area (Å²) in [5.74, 6) is 0. The van der Waals surface area contributed by atoms with E-state index in [-0.39, 0.29) is 0 Å². The topological polar surface area (TPSA) is 41.8 Å². The number of nitrogens with zero attached hydrogens (tertiary/aromatic N) is 2. The van der Waals surface area contributed by atoms with E-state index >= 15 is 0 Å². The molecule has 0 fully saturated rings. The molecule has 22 heavy (non-hydrogen) atoms. The SMILES string of the molecule is Cc1ccc([C@]2(c3ccc(Cl)cc3)N=NC(C)(C)[S@@]2=O)cc1. The van der Waals surface area contributed by atoms with Gasteiger partial charge in [0.2, 0.25) is 4.87 Å². The van der Waals surface area contributed by atoms with Crippen molar-refractivity contribution in [3.63, 3.8) is 0 Å². The first-order chi connectivity index (χ1) is 10.4. The Kier molecular flexibility index (Phi) is 3.69. The molecule has 0 N–H and O–H groups in total. The van der Waals surface area contributed by atoms with Crippen molar-refractivity contribution in [3.05, 3.63) is 70.2 Å². The largest absolute Gasteiger partial charge is 0.254 e. The molecule has 0 aliphatic carbocycles. The third kappa shape index (κ3) is 2.31. The summed E-state index contributed by atoms with van der Waals surface area (Å²) in [4.78, 5) is -1.69. The maximum Gasteiger partial charge on any atom is 0.208 e. The van der Waals surface area contributed by atoms with Crippen molar-refractivity contribution in [1.82, 2.24) is 0 Å². The number of benzene rings is 2. The van der Waals surface area contributed by atoms with Crippen molar-refractivity contribution in [2.24, 2.45) is 10.2 Å². The zero-order valence-electron chi connectivity index (χ0n) is 12.7. The van der Waals surface area contributed by atoms with Crippen molar-refractivity contribution in [2.45, 2.75) is 30.5 Å². The molecule has 2 atom stereocenters. The summed E-state index contributed by atoms with van der Waals surface area (Å²) in [6, 6.07) is 15.3. The smallest absolute Gasteiger partial charge is 0.208 e. The second-order valence-electron chi connectivity index (χ2n) is 5.93. The van der Waals surface area contributed by atoms with Crippen molar-refractivity contribution >= 4 is 22.4 Å². The van der Waals surface area contributed by atoms with Crippen LogP contribution in [0.2, 0.25) is 5.02 Å². The molecule has 0 unspecified atom stereocenters. The predicted octanol–water partition coefficient (Wildman–Crippen LogP) is 4.80. The number of azo groups is 1. The highest BCUT2D eigenvalue weighted by atomic mass is 35.5. The van der Waals surface area contributed by atoms with Crippen LogP contribution in [0.5, 0.6) is 0 Å². The van der Waals surface area contributed by atoms with Gasteiger partial charge in [-0.05, 0) is 44.0 Å². The zero-order chi connectivity index (χ0) is 16.0. The second-order valence-corrected chi connectivity index (χ2v) is 8.50. The Morgan fingerprint density at radius 3 is 1.86 bits per heavy atom. The van der Waals surface area contributed by atoms with E-state index in [9.17, 15) is 4.21 Å². The first-order valence-corrected chi connectivity index (χ1v) is 8.58. The van der Waals surface area contributed by atoms with Gasteiger partial charge in [-0.2, -0.15) is 10.2 Å². The molecule has 1 aliphatic heterocycles. The van der Waals surface area contributed by atoms with E-state index in [4.69, 9.17) is 11.6 Å². The third-order valence-electron chi connectivity index (χ3n) is 3.83. The molecule has 0 bridgehead atoms. The highest BCUT2D eigenvalue weighted by Crippen LogP contribution is 2.47. The molecule has 0 amide bonds. The van der Waals surface area contributed by atoms with E-state index in [0.29, 0.717) is 5.02 Å². The summed E-state index contributed by atoms with van der Waals surface area (Å²) >= 11 is 5.99. The minimum Gasteiger partial charge on any atom is -0.254 e. The van der Waals surface area contributed by atoms with Crippen molar-refractivity contribution in [1.29, 1.82) is 0 Å². The highest BCUT2D eigenvalue weighted by Gasteiger charge is 2.52. The lowest BCUT2D eigenvalue weighted by atomic mass is 9.98. The molecule has 0 aromatic heterocycles. The van der Waals surface area contributed by atoms with Crippen molar-refractivity contribution in [3.8, 4) is 0 Å². The summed E-state index contributed by atoms with van der Waals surface area (Å²) in [5, 5.41) is 9.42. The monoisotopic (exact) mass is 332 g/mol. The van der Waals surface area contributed by atoms with E-state index < -0.39 is 20.5 Å². The molecule has 114 valence electrons. The molecule has 0 radical (unpaired) electrons. The molecular weight excluding hydrogens is 316 g/mol. The van der Waals surface area contributed by atoms with Gasteiger partial charge in [-0.15, -0.1) is 0 Å². The van der Waals surface area contributed by atoms with E-state index in [2.05, 4.69) is 10.2 Å². The van der Waals surface area contributed by atoms with Gasteiger partial charge in [0.15, 0.2) is 4.87 Å². The van der Waals surface area contributed by atoms with Gasteiger partial charge in [-0.25, -0.2) is 0 Å². The first-order valence-electron chi connectivity index (χ1n) is 7.05. The number of aryl methyl sites for hydroxylation is 1. The molecule has 5 heteroatoms. The summed E-state index contributed by atoms with van der Waals surface area (Å²) < 4.78 is 13.2. The van der Waals surface area contributed by atoms with Gasteiger partial charge in [0, 0.05) is 5.02 Å². The molecular formula is C17H17ClN2OS. The molecule has 0 saturated heterocycles. The van der Waals surface area contributed by atoms with Crippen LogP contribution in [0.4, 0.5) is 0 Å². The Morgan fingerprint density at radius 2 is 1.41 bits per heavy atom. The summed E-state index contributed by atoms with van der Waals surface area (Å²) in [6.45, 7) is 5.72. The van der Waals surface area contributed by atoms with Gasteiger partial charge in [-0.1, -0.05) is 53.6 Å². The Bertz CT molecular complexity index is 706. The molecule has 3 rings (SSSR count). The molecule has 2 aromatic carbocycles. The van der Waals surface area contributed by atoms with Crippen molar-refractivity contribution < 1.29 is 4.21 Å². The molecule has 2 aromatic rings. The molecule has 3 nitrogen and oxygen atoms in total. The van der Waals surface area contributed by atoms with Gasteiger partial charge in [0.25, 0.3) is 0 Å². The molecule has 0 saturated carbocycles. The van der Waals surface area contributed by atoms with E-state index in [0.717, 1.165) is 16.7 Å². The van der Waals surface area contributed by atoms with Gasteiger partial charge in [-0.3, -0.25) is 4.21 Å². The molecule has 1 heterocycles. The van der Waals surface area contributed by atoms with Crippen LogP contribution < -0.4 is 0 Å². The van der Waals surface area contributed by atoms with E-state index in [1.54, 1.807) is 12.1 Å². The Balaban J connectivity index is 2.24. The predicted molar refractivity (Wildman–Crippen MR) is 90.5 cm³/mol. The van der Waals surface area contributed by atoms with Crippen LogP contribution in [0.1, 0.15) is 30.5 Å². The Hall–Kier alpha value is -1.52. The van der Waals surface area contributed by atoms with E-state index in [1.165, 1.54) is 0 Å². The number of hydrogen-bond acceptors (Lipinski definition) is 3. The standard InChI is InChI=1S/C17H17ClN2OS/c1-12-4-6-13(7-5-12)17(14-8-10-15(18)11-9-14)20-19-16(2,3)22(17)21/h4-11H,1-3H3/t17-,22-/m0/s1. The second kappa shape index (κ2) is 5.28. The Labute approximate surface area is 137 Å². The minimum atomic E-state index is -1.32. The molecule has 0 spiro atoms. The van der Waals surface area contributed by atoms with Gasteiger partial charge in [0.1, 0.15) is 0 Å². The average molecular weight is 333 g/mol. The summed E-state index contributed by atoms with van der Waals surface area (Å²) in [7, 11) is -1.32. The lowest BCUT2D eigenvalue weighted by Crippen LogP contribution is -2.35. The minimum absolute atomic E-state index is 0.641. The highest BCUT2D eigenvalue weighted by molar-refractivity contribution is 7.87. The van der Waals surface area contributed by atoms with Crippen LogP contribution in [0.25, 0.3) is 0 Å². The maximum absolute atomic E-state index is 13.2. The normalized spacial score (nSPS) is 26.3. The number of halogens is 1. The van der Waals surface area contributed by atoms with E-state index in [1.807, 2.05) is 57.2 Å². The lowest BCUT2D eigenvalue weighted by Gasteiger charge is -2.27. The van der Waals surface area contributed by atoms with Gasteiger partial charge in [0.05, 0.1) is 10.8 Å². The lowest BCUT2D eigenvalue weighted by molar-refractivity contribution is 0.639.